The number of hydrazine groups is 1. The molecule has 1 aliphatic rings. The van der Waals surface area contributed by atoms with Crippen LogP contribution in [-0.4, -0.2) is 89.1 Å². The number of nitrogens with zero attached hydrogens (tertiary/aromatic N) is 6. The minimum atomic E-state index is -3.78. The van der Waals surface area contributed by atoms with Gasteiger partial charge >= 0.3 is 0 Å². The summed E-state index contributed by atoms with van der Waals surface area (Å²) >= 11 is 0. The highest BCUT2D eigenvalue weighted by molar-refractivity contribution is 7.89. The van der Waals surface area contributed by atoms with Crippen molar-refractivity contribution in [3.05, 3.63) is 82.9 Å². The lowest BCUT2D eigenvalue weighted by molar-refractivity contribution is -0.00203. The smallest absolute Gasteiger partial charge is 0.259 e. The third-order valence-electron chi connectivity index (χ3n) is 7.73. The SMILES string of the molecule is CCCOc1ccc(S(=O)(=O)N2CCN(N(C)C)CC2)cc1-c1nc2cc3ncn(Cc4ccccc4)c3cc2c(=O)[nH]1. The topological polar surface area (TPSA) is 117 Å². The van der Waals surface area contributed by atoms with Crippen molar-refractivity contribution in [1.82, 2.24) is 33.8 Å². The lowest BCUT2D eigenvalue weighted by Crippen LogP contribution is -2.52. The van der Waals surface area contributed by atoms with Crippen molar-refractivity contribution in [2.45, 2.75) is 24.8 Å². The van der Waals surface area contributed by atoms with Gasteiger partial charge in [-0.3, -0.25) is 4.79 Å². The Kier molecular flexibility index (Phi) is 8.01. The number of nitrogens with one attached hydrogen (secondary N) is 1. The van der Waals surface area contributed by atoms with E-state index in [1.807, 2.05) is 60.9 Å². The van der Waals surface area contributed by atoms with E-state index < -0.39 is 10.0 Å². The van der Waals surface area contributed by atoms with Crippen LogP contribution in [-0.2, 0) is 16.6 Å². The maximum Gasteiger partial charge on any atom is 0.259 e. The molecule has 1 saturated heterocycles. The van der Waals surface area contributed by atoms with Gasteiger partial charge in [0.2, 0.25) is 10.0 Å². The van der Waals surface area contributed by atoms with Crippen molar-refractivity contribution in [3.8, 4) is 17.1 Å². The third kappa shape index (κ3) is 5.78. The van der Waals surface area contributed by atoms with Crippen molar-refractivity contribution in [3.63, 3.8) is 0 Å². The molecule has 2 aromatic heterocycles. The number of hydrogen-bond donors (Lipinski definition) is 1. The number of imidazole rings is 1. The van der Waals surface area contributed by atoms with Gasteiger partial charge in [0, 0.05) is 46.8 Å². The predicted octanol–water partition coefficient (Wildman–Crippen LogP) is 3.56. The number of H-pyrrole nitrogens is 1. The predicted molar refractivity (Wildman–Crippen MR) is 166 cm³/mol. The van der Waals surface area contributed by atoms with Crippen molar-refractivity contribution < 1.29 is 13.2 Å². The molecule has 1 fully saturated rings. The molecule has 0 spiro atoms. The Balaban J connectivity index is 1.39. The average molecular weight is 602 g/mol. The van der Waals surface area contributed by atoms with Crippen LogP contribution in [0.1, 0.15) is 18.9 Å². The Morgan fingerprint density at radius 1 is 0.977 bits per heavy atom. The number of ether oxygens (including phenoxy) is 1. The molecule has 0 unspecified atom stereocenters. The van der Waals surface area contributed by atoms with Crippen molar-refractivity contribution in [2.75, 3.05) is 46.9 Å². The molecule has 43 heavy (non-hydrogen) atoms. The van der Waals surface area contributed by atoms with E-state index in [0.29, 0.717) is 67.1 Å². The van der Waals surface area contributed by atoms with E-state index in [2.05, 4.69) is 15.0 Å². The molecule has 3 aromatic carbocycles. The number of aromatic amines is 1. The van der Waals surface area contributed by atoms with E-state index >= 15 is 0 Å². The summed E-state index contributed by atoms with van der Waals surface area (Å²) < 4.78 is 36.8. The number of fused-ring (bicyclic) bond motifs is 2. The molecule has 3 heterocycles. The van der Waals surface area contributed by atoms with Gasteiger partial charge in [-0.1, -0.05) is 37.3 Å². The zero-order valence-electron chi connectivity index (χ0n) is 24.5. The van der Waals surface area contributed by atoms with Gasteiger partial charge < -0.3 is 14.3 Å². The van der Waals surface area contributed by atoms with Crippen LogP contribution >= 0.6 is 0 Å². The lowest BCUT2D eigenvalue weighted by atomic mass is 10.1. The standard InChI is InChI=1S/C31H35N7O4S/c1-4-16-42-29-11-10-23(43(40,41)38-14-12-37(13-15-38)35(2)3)17-25(29)30-33-26-19-27-28(18-24(26)31(39)34-30)36(21-32-27)20-22-8-6-5-7-9-22/h5-11,17-19,21H,4,12-16,20H2,1-3H3,(H,33,34,39). The Morgan fingerprint density at radius 3 is 2.47 bits per heavy atom. The summed E-state index contributed by atoms with van der Waals surface area (Å²) in [4.78, 5) is 25.8. The highest BCUT2D eigenvalue weighted by Crippen LogP contribution is 2.32. The summed E-state index contributed by atoms with van der Waals surface area (Å²) in [6.07, 6.45) is 2.52. The number of aromatic nitrogens is 4. The van der Waals surface area contributed by atoms with Crippen LogP contribution in [0.2, 0.25) is 0 Å². The zero-order chi connectivity index (χ0) is 30.1. The summed E-state index contributed by atoms with van der Waals surface area (Å²) in [5.41, 5.74) is 3.21. The van der Waals surface area contributed by atoms with Crippen LogP contribution in [0, 0.1) is 0 Å². The second kappa shape index (κ2) is 11.9. The fraction of sp³-hybridized carbons (Fsp3) is 0.323. The van der Waals surface area contributed by atoms with Crippen molar-refractivity contribution in [2.24, 2.45) is 0 Å². The quantitative estimate of drug-likeness (QED) is 0.273. The summed E-state index contributed by atoms with van der Waals surface area (Å²) in [5, 5.41) is 4.50. The Hall–Kier alpha value is -4.10. The average Bonchev–Trinajstić information content (AvgIpc) is 3.40. The van der Waals surface area contributed by atoms with E-state index in [-0.39, 0.29) is 16.3 Å². The van der Waals surface area contributed by atoms with Gasteiger partial charge in [0.15, 0.2) is 0 Å². The van der Waals surface area contributed by atoms with Gasteiger partial charge in [0.25, 0.3) is 5.56 Å². The summed E-state index contributed by atoms with van der Waals surface area (Å²) in [6.45, 7) is 5.00. The van der Waals surface area contributed by atoms with E-state index in [1.54, 1.807) is 36.7 Å². The van der Waals surface area contributed by atoms with Gasteiger partial charge in [-0.2, -0.15) is 4.31 Å². The van der Waals surface area contributed by atoms with Gasteiger partial charge in [0.05, 0.1) is 45.3 Å². The minimum absolute atomic E-state index is 0.127. The van der Waals surface area contributed by atoms with Crippen LogP contribution in [0.15, 0.2) is 76.7 Å². The molecule has 6 rings (SSSR count). The van der Waals surface area contributed by atoms with E-state index in [9.17, 15) is 13.2 Å². The number of rotatable bonds is 9. The second-order valence-corrected chi connectivity index (χ2v) is 12.8. The molecule has 0 aliphatic carbocycles. The number of piperazine rings is 1. The van der Waals surface area contributed by atoms with Gasteiger partial charge in [0.1, 0.15) is 11.6 Å². The molecule has 11 nitrogen and oxygen atoms in total. The van der Waals surface area contributed by atoms with Crippen LogP contribution in [0.5, 0.6) is 5.75 Å². The Morgan fingerprint density at radius 2 is 1.74 bits per heavy atom. The van der Waals surface area contributed by atoms with Crippen LogP contribution < -0.4 is 10.3 Å². The number of sulfonamides is 1. The number of hydrogen-bond acceptors (Lipinski definition) is 8. The van der Waals surface area contributed by atoms with E-state index in [4.69, 9.17) is 9.72 Å². The monoisotopic (exact) mass is 601 g/mol. The highest BCUT2D eigenvalue weighted by atomic mass is 32.2. The first-order chi connectivity index (χ1) is 20.7. The first-order valence-electron chi connectivity index (χ1n) is 14.4. The minimum Gasteiger partial charge on any atom is -0.493 e. The van der Waals surface area contributed by atoms with E-state index in [1.165, 1.54) is 4.31 Å². The molecule has 0 bridgehead atoms. The molecular weight excluding hydrogens is 566 g/mol. The molecule has 0 radical (unpaired) electrons. The molecule has 0 saturated carbocycles. The maximum absolute atomic E-state index is 13.7. The molecule has 12 heteroatoms. The van der Waals surface area contributed by atoms with Gasteiger partial charge in [-0.15, -0.1) is 0 Å². The van der Waals surface area contributed by atoms with Crippen molar-refractivity contribution in [1.29, 1.82) is 0 Å². The fourth-order valence-electron chi connectivity index (χ4n) is 5.38. The summed E-state index contributed by atoms with van der Waals surface area (Å²) in [7, 11) is 0.114. The Labute approximate surface area is 250 Å². The molecule has 1 aliphatic heterocycles. The van der Waals surface area contributed by atoms with Gasteiger partial charge in [-0.25, -0.2) is 28.4 Å². The molecule has 0 amide bonds. The zero-order valence-corrected chi connectivity index (χ0v) is 25.3. The first-order valence-corrected chi connectivity index (χ1v) is 15.8. The van der Waals surface area contributed by atoms with Gasteiger partial charge in [-0.05, 0) is 42.3 Å². The molecular formula is C31H35N7O4S. The highest BCUT2D eigenvalue weighted by Gasteiger charge is 2.30. The summed E-state index contributed by atoms with van der Waals surface area (Å²) in [5.74, 6) is 0.690. The second-order valence-electron chi connectivity index (χ2n) is 10.8. The third-order valence-corrected chi connectivity index (χ3v) is 9.62. The lowest BCUT2D eigenvalue weighted by Gasteiger charge is -2.37. The van der Waals surface area contributed by atoms with Crippen LogP contribution in [0.25, 0.3) is 33.3 Å². The molecule has 0 atom stereocenters. The van der Waals surface area contributed by atoms with E-state index in [0.717, 1.165) is 17.5 Å². The van der Waals surface area contributed by atoms with Crippen LogP contribution in [0.4, 0.5) is 0 Å². The maximum atomic E-state index is 13.7. The Bertz CT molecular complexity index is 1930. The largest absolute Gasteiger partial charge is 0.493 e. The molecule has 5 aromatic rings. The molecule has 224 valence electrons. The normalized spacial score (nSPS) is 15.1. The van der Waals surface area contributed by atoms with Crippen LogP contribution in [0.3, 0.4) is 0 Å². The number of benzene rings is 3. The summed E-state index contributed by atoms with van der Waals surface area (Å²) in [6, 6.07) is 18.4. The fourth-order valence-corrected chi connectivity index (χ4v) is 6.83. The first kappa shape index (κ1) is 29.0. The molecule has 1 N–H and O–H groups in total. The van der Waals surface area contributed by atoms with Crippen molar-refractivity contribution >= 4 is 32.0 Å².